The van der Waals surface area contributed by atoms with E-state index in [-0.39, 0.29) is 22.8 Å². The molecule has 164 valence electrons. The number of amides is 1. The van der Waals surface area contributed by atoms with Gasteiger partial charge in [0, 0.05) is 11.1 Å². The molecular weight excluding hydrogens is 400 g/mol. The Balaban J connectivity index is 2.34. The zero-order valence-corrected chi connectivity index (χ0v) is 19.6. The number of ether oxygens (including phenoxy) is 1. The number of carbonyl (C=O) groups excluding carboxylic acids is 1. The molecule has 0 aliphatic rings. The van der Waals surface area contributed by atoms with Crippen molar-refractivity contribution in [1.82, 2.24) is 10.0 Å². The molecule has 0 spiro atoms. The first-order valence-electron chi connectivity index (χ1n) is 9.93. The topological polar surface area (TPSA) is 84.5 Å². The average Bonchev–Trinajstić information content (AvgIpc) is 2.64. The minimum absolute atomic E-state index is 0.0683. The summed E-state index contributed by atoms with van der Waals surface area (Å²) in [7, 11) is -2.13. The molecule has 0 saturated heterocycles. The molecule has 0 bridgehead atoms. The van der Waals surface area contributed by atoms with Crippen molar-refractivity contribution in [2.24, 2.45) is 5.92 Å². The van der Waals surface area contributed by atoms with Crippen LogP contribution in [0.25, 0.3) is 0 Å². The number of aryl methyl sites for hydroxylation is 1. The molecular formula is C23H32N2O4S. The van der Waals surface area contributed by atoms with E-state index >= 15 is 0 Å². The Morgan fingerprint density at radius 1 is 1.03 bits per heavy atom. The second kappa shape index (κ2) is 9.18. The number of hydrogen-bond donors (Lipinski definition) is 2. The van der Waals surface area contributed by atoms with Crippen molar-refractivity contribution in [1.29, 1.82) is 0 Å². The molecule has 2 aromatic carbocycles. The van der Waals surface area contributed by atoms with Crippen LogP contribution in [0.4, 0.5) is 0 Å². The first-order chi connectivity index (χ1) is 13.8. The monoisotopic (exact) mass is 432 g/mol. The number of benzene rings is 2. The van der Waals surface area contributed by atoms with Gasteiger partial charge < -0.3 is 10.1 Å². The quantitative estimate of drug-likeness (QED) is 0.686. The second-order valence-electron chi connectivity index (χ2n) is 8.80. The van der Waals surface area contributed by atoms with Crippen LogP contribution in [0.5, 0.6) is 5.75 Å². The van der Waals surface area contributed by atoms with E-state index < -0.39 is 15.6 Å². The third kappa shape index (κ3) is 6.06. The van der Waals surface area contributed by atoms with Crippen LogP contribution in [0.3, 0.4) is 0 Å². The summed E-state index contributed by atoms with van der Waals surface area (Å²) >= 11 is 0. The standard InChI is InChI=1S/C23H32N2O4S/c1-15(2)21(17-9-11-18(29-7)12-10-17)24-22(26)20-14-19(13-8-16(20)3)30(27,28)25-23(4,5)6/h8-15,21,25H,1-7H3,(H,24,26). The Kier molecular flexibility index (Phi) is 7.31. The number of rotatable bonds is 7. The van der Waals surface area contributed by atoms with Gasteiger partial charge in [0.1, 0.15) is 5.75 Å². The highest BCUT2D eigenvalue weighted by Gasteiger charge is 2.25. The number of nitrogens with one attached hydrogen (secondary N) is 2. The Hall–Kier alpha value is -2.38. The van der Waals surface area contributed by atoms with E-state index in [1.165, 1.54) is 12.1 Å². The van der Waals surface area contributed by atoms with Gasteiger partial charge in [0.05, 0.1) is 18.0 Å². The van der Waals surface area contributed by atoms with E-state index in [0.29, 0.717) is 11.1 Å². The summed E-state index contributed by atoms with van der Waals surface area (Å²) in [4.78, 5) is 13.2. The van der Waals surface area contributed by atoms with Crippen LogP contribution in [0, 0.1) is 12.8 Å². The Labute approximate surface area is 180 Å². The summed E-state index contributed by atoms with van der Waals surface area (Å²) in [6.07, 6.45) is 0. The second-order valence-corrected chi connectivity index (χ2v) is 10.5. The number of methoxy groups -OCH3 is 1. The SMILES string of the molecule is COc1ccc(C(NC(=O)c2cc(S(=O)(=O)NC(C)(C)C)ccc2C)C(C)C)cc1. The molecule has 0 aliphatic carbocycles. The smallest absolute Gasteiger partial charge is 0.252 e. The molecule has 2 rings (SSSR count). The average molecular weight is 433 g/mol. The van der Waals surface area contributed by atoms with Crippen LogP contribution in [-0.4, -0.2) is 27.0 Å². The Morgan fingerprint density at radius 3 is 2.13 bits per heavy atom. The van der Waals surface area contributed by atoms with Gasteiger partial charge in [-0.15, -0.1) is 0 Å². The highest BCUT2D eigenvalue weighted by Crippen LogP contribution is 2.25. The van der Waals surface area contributed by atoms with Crippen molar-refractivity contribution in [2.75, 3.05) is 7.11 Å². The predicted octanol–water partition coefficient (Wildman–Crippen LogP) is 4.21. The lowest BCUT2D eigenvalue weighted by Gasteiger charge is -2.24. The third-order valence-electron chi connectivity index (χ3n) is 4.63. The van der Waals surface area contributed by atoms with Gasteiger partial charge in [-0.25, -0.2) is 13.1 Å². The largest absolute Gasteiger partial charge is 0.497 e. The maximum atomic E-state index is 13.1. The summed E-state index contributed by atoms with van der Waals surface area (Å²) < 4.78 is 33.2. The zero-order valence-electron chi connectivity index (χ0n) is 18.7. The predicted molar refractivity (Wildman–Crippen MR) is 119 cm³/mol. The van der Waals surface area contributed by atoms with Gasteiger partial charge in [-0.2, -0.15) is 0 Å². The van der Waals surface area contributed by atoms with Crippen LogP contribution in [-0.2, 0) is 10.0 Å². The van der Waals surface area contributed by atoms with Crippen molar-refractivity contribution < 1.29 is 17.9 Å². The zero-order chi connectivity index (χ0) is 22.7. The minimum atomic E-state index is -3.74. The first-order valence-corrected chi connectivity index (χ1v) is 11.4. The van der Waals surface area contributed by atoms with Crippen LogP contribution in [0.15, 0.2) is 47.4 Å². The Morgan fingerprint density at radius 2 is 1.63 bits per heavy atom. The summed E-state index contributed by atoms with van der Waals surface area (Å²) in [5.41, 5.74) is 1.38. The molecule has 1 amide bonds. The molecule has 0 aliphatic heterocycles. The summed E-state index contributed by atoms with van der Waals surface area (Å²) in [5.74, 6) is 0.569. The maximum Gasteiger partial charge on any atom is 0.252 e. The van der Waals surface area contributed by atoms with Crippen molar-refractivity contribution >= 4 is 15.9 Å². The Bertz CT molecular complexity index is 991. The lowest BCUT2D eigenvalue weighted by molar-refractivity contribution is 0.0924. The highest BCUT2D eigenvalue weighted by molar-refractivity contribution is 7.89. The number of sulfonamides is 1. The van der Waals surface area contributed by atoms with E-state index in [9.17, 15) is 13.2 Å². The van der Waals surface area contributed by atoms with Crippen LogP contribution >= 0.6 is 0 Å². The van der Waals surface area contributed by atoms with Gasteiger partial charge in [-0.05, 0) is 69.0 Å². The van der Waals surface area contributed by atoms with Crippen molar-refractivity contribution in [3.8, 4) is 5.75 Å². The fraction of sp³-hybridized carbons (Fsp3) is 0.435. The molecule has 0 radical (unpaired) electrons. The summed E-state index contributed by atoms with van der Waals surface area (Å²) in [5, 5.41) is 3.06. The number of carbonyl (C=O) groups is 1. The minimum Gasteiger partial charge on any atom is -0.497 e. The molecule has 0 heterocycles. The molecule has 6 nitrogen and oxygen atoms in total. The van der Waals surface area contributed by atoms with E-state index in [1.807, 2.05) is 38.1 Å². The molecule has 1 unspecified atom stereocenters. The van der Waals surface area contributed by atoms with E-state index in [4.69, 9.17) is 4.74 Å². The van der Waals surface area contributed by atoms with Crippen LogP contribution < -0.4 is 14.8 Å². The normalized spacial score (nSPS) is 13.2. The fourth-order valence-electron chi connectivity index (χ4n) is 3.14. The van der Waals surface area contributed by atoms with Gasteiger partial charge in [0.2, 0.25) is 10.0 Å². The number of hydrogen-bond acceptors (Lipinski definition) is 4. The molecule has 2 N–H and O–H groups in total. The van der Waals surface area contributed by atoms with Gasteiger partial charge in [0.25, 0.3) is 5.91 Å². The molecule has 0 fully saturated rings. The van der Waals surface area contributed by atoms with Gasteiger partial charge >= 0.3 is 0 Å². The fourth-order valence-corrected chi connectivity index (χ4v) is 4.58. The molecule has 7 heteroatoms. The van der Waals surface area contributed by atoms with Gasteiger partial charge in [0.15, 0.2) is 0 Å². The summed E-state index contributed by atoms with van der Waals surface area (Å²) in [6, 6.07) is 11.9. The van der Waals surface area contributed by atoms with Crippen molar-refractivity contribution in [2.45, 2.75) is 58.0 Å². The molecule has 1 atom stereocenters. The van der Waals surface area contributed by atoms with Gasteiger partial charge in [-0.1, -0.05) is 32.0 Å². The van der Waals surface area contributed by atoms with Crippen LogP contribution in [0.2, 0.25) is 0 Å². The third-order valence-corrected chi connectivity index (χ3v) is 6.39. The van der Waals surface area contributed by atoms with Gasteiger partial charge in [-0.3, -0.25) is 4.79 Å². The lowest BCUT2D eigenvalue weighted by atomic mass is 9.95. The highest BCUT2D eigenvalue weighted by atomic mass is 32.2. The molecule has 0 saturated carbocycles. The molecule has 0 aromatic heterocycles. The van der Waals surface area contributed by atoms with E-state index in [0.717, 1.165) is 11.3 Å². The van der Waals surface area contributed by atoms with E-state index in [2.05, 4.69) is 10.0 Å². The van der Waals surface area contributed by atoms with Crippen molar-refractivity contribution in [3.63, 3.8) is 0 Å². The summed E-state index contributed by atoms with van der Waals surface area (Å²) in [6.45, 7) is 11.2. The van der Waals surface area contributed by atoms with Crippen molar-refractivity contribution in [3.05, 3.63) is 59.2 Å². The van der Waals surface area contributed by atoms with Crippen LogP contribution in [0.1, 0.15) is 62.1 Å². The lowest BCUT2D eigenvalue weighted by Crippen LogP contribution is -2.40. The molecule has 2 aromatic rings. The first kappa shape index (κ1) is 23.9. The molecule has 30 heavy (non-hydrogen) atoms. The maximum absolute atomic E-state index is 13.1. The van der Waals surface area contributed by atoms with E-state index in [1.54, 1.807) is 40.9 Å².